The molecular weight excluding hydrogens is 540 g/mol. The number of nitrogens with one attached hydrogen (secondary N) is 1. The van der Waals surface area contributed by atoms with Gasteiger partial charge in [-0.15, -0.1) is 0 Å². The summed E-state index contributed by atoms with van der Waals surface area (Å²) >= 11 is 0. The van der Waals surface area contributed by atoms with E-state index >= 15 is 0 Å². The van der Waals surface area contributed by atoms with Gasteiger partial charge in [0.25, 0.3) is 0 Å². The molecule has 0 heterocycles. The van der Waals surface area contributed by atoms with Crippen molar-refractivity contribution >= 4 is 12.0 Å². The summed E-state index contributed by atoms with van der Waals surface area (Å²) in [6.45, 7) is 9.58. The molecule has 43 heavy (non-hydrogen) atoms. The Balaban J connectivity index is 1.21. The van der Waals surface area contributed by atoms with Gasteiger partial charge in [0, 0.05) is 29.5 Å². The molecule has 5 aliphatic carbocycles. The second-order valence-corrected chi connectivity index (χ2v) is 16.0. The number of fused-ring (bicyclic) bond motifs is 2. The van der Waals surface area contributed by atoms with Gasteiger partial charge in [-0.2, -0.15) is 0 Å². The van der Waals surface area contributed by atoms with Crippen molar-refractivity contribution in [1.82, 2.24) is 10.2 Å². The van der Waals surface area contributed by atoms with Gasteiger partial charge in [0.2, 0.25) is 5.91 Å². The summed E-state index contributed by atoms with van der Waals surface area (Å²) in [6.07, 6.45) is 11.7. The summed E-state index contributed by atoms with van der Waals surface area (Å²) in [4.78, 5) is 15.4. The standard InChI is InChI=1S/C36H54N2O5/c1-22(38(5)6)31-25(41)19-34(4)28-12-11-27-32(2,21-39)29(14-15-35(27)20-36(28,35)17-16-33(31,34)3)37-30(42)13-9-23-8-10-26(43-7)24(40)18-23/h8-10,13,18,22,25,27-29,31,39-41H,11-12,14-17,19-21H2,1-7H3,(H,37,42)/t22-,25+,27-,28-,29-,31-,32-,33+,34-,35+,36-/m0/s1. The molecule has 1 aromatic carbocycles. The number of amides is 1. The quantitative estimate of drug-likeness (QED) is 0.323. The molecule has 5 saturated carbocycles. The summed E-state index contributed by atoms with van der Waals surface area (Å²) in [5.74, 6) is 1.52. The normalized spacial score (nSPS) is 45.6. The van der Waals surface area contributed by atoms with Crippen molar-refractivity contribution in [2.24, 2.45) is 44.8 Å². The van der Waals surface area contributed by atoms with E-state index in [2.05, 4.69) is 52.0 Å². The number of methoxy groups -OCH3 is 1. The molecule has 238 valence electrons. The lowest BCUT2D eigenvalue weighted by atomic mass is 9.41. The number of aromatic hydroxyl groups is 1. The lowest BCUT2D eigenvalue weighted by molar-refractivity contribution is -0.156. The fourth-order valence-electron chi connectivity index (χ4n) is 12.1. The Labute approximate surface area is 258 Å². The third kappa shape index (κ3) is 4.13. The highest BCUT2D eigenvalue weighted by molar-refractivity contribution is 5.92. The van der Waals surface area contributed by atoms with E-state index in [1.54, 1.807) is 24.3 Å². The fourth-order valence-corrected chi connectivity index (χ4v) is 12.1. The van der Waals surface area contributed by atoms with Crippen LogP contribution in [0.5, 0.6) is 11.5 Å². The summed E-state index contributed by atoms with van der Waals surface area (Å²) in [7, 11) is 5.80. The molecule has 11 atom stereocenters. The highest BCUT2D eigenvalue weighted by Crippen LogP contribution is 2.89. The van der Waals surface area contributed by atoms with Crippen molar-refractivity contribution in [2.45, 2.75) is 97.2 Å². The zero-order valence-electron chi connectivity index (χ0n) is 27.3. The van der Waals surface area contributed by atoms with Crippen LogP contribution in [0, 0.1) is 44.8 Å². The SMILES string of the molecule is COc1ccc(C=CC(=O)N[C@H]2CC[C@]34C[C@]35CC[C@]3(C)[C@@H]([C@H](C)N(C)C)[C@H](O)C[C@@]3(C)[C@@H]5CC[C@H]4[C@]2(C)CO)cc1O. The van der Waals surface area contributed by atoms with E-state index in [0.717, 1.165) is 44.1 Å². The van der Waals surface area contributed by atoms with Gasteiger partial charge in [-0.1, -0.05) is 26.8 Å². The average molecular weight is 595 g/mol. The van der Waals surface area contributed by atoms with Crippen molar-refractivity contribution in [2.75, 3.05) is 27.8 Å². The number of phenols is 1. The fraction of sp³-hybridized carbons (Fsp3) is 0.750. The maximum atomic E-state index is 13.1. The Kier molecular flexibility index (Phi) is 7.34. The molecule has 0 saturated heterocycles. The number of aliphatic hydroxyl groups excluding tert-OH is 2. The van der Waals surface area contributed by atoms with Crippen LogP contribution in [0.3, 0.4) is 0 Å². The second kappa shape index (κ2) is 10.2. The van der Waals surface area contributed by atoms with Crippen molar-refractivity contribution < 1.29 is 24.9 Å². The minimum absolute atomic E-state index is 0.0381. The first-order valence-corrected chi connectivity index (χ1v) is 16.5. The van der Waals surface area contributed by atoms with Crippen LogP contribution in [0.1, 0.15) is 84.6 Å². The molecule has 7 heteroatoms. The first kappa shape index (κ1) is 30.9. The average Bonchev–Trinajstić information content (AvgIpc) is 3.58. The van der Waals surface area contributed by atoms with Gasteiger partial charge in [-0.05, 0) is 130 Å². The molecular formula is C36H54N2O5. The molecule has 0 radical (unpaired) electrons. The number of carbonyl (C=O) groups excluding carboxylic acids is 1. The van der Waals surface area contributed by atoms with E-state index in [1.807, 2.05) is 0 Å². The maximum absolute atomic E-state index is 13.1. The van der Waals surface area contributed by atoms with Crippen LogP contribution in [0.4, 0.5) is 0 Å². The molecule has 5 fully saturated rings. The highest BCUT2D eigenvalue weighted by atomic mass is 16.5. The Morgan fingerprint density at radius 2 is 1.79 bits per heavy atom. The van der Waals surface area contributed by atoms with Crippen LogP contribution >= 0.6 is 0 Å². The van der Waals surface area contributed by atoms with Gasteiger partial charge in [0.1, 0.15) is 0 Å². The lowest BCUT2D eigenvalue weighted by Gasteiger charge is -2.63. The van der Waals surface area contributed by atoms with Crippen LogP contribution in [0.15, 0.2) is 24.3 Å². The van der Waals surface area contributed by atoms with Gasteiger partial charge in [-0.25, -0.2) is 0 Å². The molecule has 4 N–H and O–H groups in total. The molecule has 7 nitrogen and oxygen atoms in total. The zero-order chi connectivity index (χ0) is 31.2. The third-order valence-electron chi connectivity index (χ3n) is 14.6. The van der Waals surface area contributed by atoms with Crippen molar-refractivity contribution in [3.63, 3.8) is 0 Å². The Morgan fingerprint density at radius 3 is 2.44 bits per heavy atom. The second-order valence-electron chi connectivity index (χ2n) is 16.0. The highest BCUT2D eigenvalue weighted by Gasteiger charge is 2.83. The molecule has 1 aromatic rings. The molecule has 0 bridgehead atoms. The molecule has 2 spiro atoms. The van der Waals surface area contributed by atoms with Crippen LogP contribution in [0.25, 0.3) is 6.08 Å². The van der Waals surface area contributed by atoms with Crippen LogP contribution in [-0.4, -0.2) is 72.1 Å². The monoisotopic (exact) mass is 594 g/mol. The van der Waals surface area contributed by atoms with Gasteiger partial charge in [-0.3, -0.25) is 4.79 Å². The van der Waals surface area contributed by atoms with E-state index < -0.39 is 0 Å². The van der Waals surface area contributed by atoms with E-state index in [0.29, 0.717) is 29.0 Å². The minimum atomic E-state index is -0.382. The molecule has 5 aliphatic rings. The number of phenolic OH excluding ortho intramolecular Hbond substituents is 1. The largest absolute Gasteiger partial charge is 0.504 e. The zero-order valence-corrected chi connectivity index (χ0v) is 27.3. The first-order chi connectivity index (χ1) is 20.2. The maximum Gasteiger partial charge on any atom is 0.244 e. The predicted molar refractivity (Wildman–Crippen MR) is 168 cm³/mol. The number of aliphatic hydroxyl groups is 2. The smallest absolute Gasteiger partial charge is 0.244 e. The van der Waals surface area contributed by atoms with Crippen LogP contribution in [0.2, 0.25) is 0 Å². The predicted octanol–water partition coefficient (Wildman–Crippen LogP) is 5.23. The number of hydrogen-bond donors (Lipinski definition) is 4. The van der Waals surface area contributed by atoms with Crippen LogP contribution in [-0.2, 0) is 4.79 Å². The number of hydrogen-bond acceptors (Lipinski definition) is 6. The van der Waals surface area contributed by atoms with Gasteiger partial charge < -0.3 is 30.3 Å². The molecule has 1 amide bonds. The van der Waals surface area contributed by atoms with Crippen molar-refractivity contribution in [1.29, 1.82) is 0 Å². The van der Waals surface area contributed by atoms with Crippen LogP contribution < -0.4 is 10.1 Å². The summed E-state index contributed by atoms with van der Waals surface area (Å²) in [5.41, 5.74) is 1.08. The number of rotatable bonds is 7. The number of benzene rings is 1. The molecule has 0 unspecified atom stereocenters. The topological polar surface area (TPSA) is 102 Å². The number of ether oxygens (including phenoxy) is 1. The Hall–Kier alpha value is -2.09. The van der Waals surface area contributed by atoms with Gasteiger partial charge >= 0.3 is 0 Å². The number of nitrogens with zero attached hydrogens (tertiary/aromatic N) is 1. The minimum Gasteiger partial charge on any atom is -0.504 e. The van der Waals surface area contributed by atoms with E-state index in [9.17, 15) is 20.1 Å². The molecule has 6 rings (SSSR count). The number of carbonyl (C=O) groups is 1. The Morgan fingerprint density at radius 1 is 1.09 bits per heavy atom. The first-order valence-electron chi connectivity index (χ1n) is 16.5. The lowest BCUT2D eigenvalue weighted by Crippen LogP contribution is -2.62. The van der Waals surface area contributed by atoms with Gasteiger partial charge in [0.15, 0.2) is 11.5 Å². The third-order valence-corrected chi connectivity index (χ3v) is 14.6. The summed E-state index contributed by atoms with van der Waals surface area (Å²) in [6, 6.07) is 5.31. The molecule has 0 aromatic heterocycles. The summed E-state index contributed by atoms with van der Waals surface area (Å²) < 4.78 is 5.12. The van der Waals surface area contributed by atoms with Crippen molar-refractivity contribution in [3.05, 3.63) is 29.8 Å². The summed E-state index contributed by atoms with van der Waals surface area (Å²) in [5, 5.41) is 35.9. The van der Waals surface area contributed by atoms with Gasteiger partial charge in [0.05, 0.1) is 19.8 Å². The van der Waals surface area contributed by atoms with E-state index in [4.69, 9.17) is 4.74 Å². The van der Waals surface area contributed by atoms with Crippen molar-refractivity contribution in [3.8, 4) is 11.5 Å². The molecule has 0 aliphatic heterocycles. The van der Waals surface area contributed by atoms with E-state index in [1.165, 1.54) is 26.0 Å². The Bertz CT molecular complexity index is 1300. The van der Waals surface area contributed by atoms with E-state index in [-0.39, 0.29) is 58.0 Å².